The Kier molecular flexibility index (Phi) is 5.17. The number of nitrogens with zero attached hydrogens (tertiary/aromatic N) is 3. The van der Waals surface area contributed by atoms with Crippen molar-refractivity contribution in [2.24, 2.45) is 0 Å². The van der Waals surface area contributed by atoms with Crippen LogP contribution in [0.1, 0.15) is 18.1 Å². The molecule has 0 amide bonds. The number of aliphatic hydroxyl groups excluding tert-OH is 1. The number of aliphatic hydroxyl groups is 1. The number of imidazole rings is 1. The van der Waals surface area contributed by atoms with E-state index in [-0.39, 0.29) is 6.61 Å². The van der Waals surface area contributed by atoms with Crippen LogP contribution in [-0.4, -0.2) is 33.2 Å². The van der Waals surface area contributed by atoms with Crippen LogP contribution < -0.4 is 14.8 Å². The van der Waals surface area contributed by atoms with E-state index in [4.69, 9.17) is 26.1 Å². The molecule has 2 N–H and O–H groups in total. The van der Waals surface area contributed by atoms with E-state index in [0.29, 0.717) is 40.0 Å². The van der Waals surface area contributed by atoms with Gasteiger partial charge in [-0.3, -0.25) is 4.40 Å². The van der Waals surface area contributed by atoms with E-state index in [0.717, 1.165) is 22.3 Å². The standard InChI is InChI=1S/C21H21ClN4O3/c1-4-29-17-8-15-19(13(10-27)20(17)28-3)25-21(16-9-23-11-26(15)16)24-18-12(2)6-5-7-14(18)22/h5-9,11,27H,4,10H2,1-3H3,(H,24,25). The van der Waals surface area contributed by atoms with E-state index in [2.05, 4.69) is 10.3 Å². The third-order valence-electron chi connectivity index (χ3n) is 4.79. The topological polar surface area (TPSA) is 80.9 Å². The van der Waals surface area contributed by atoms with Gasteiger partial charge in [0.05, 0.1) is 60.2 Å². The summed E-state index contributed by atoms with van der Waals surface area (Å²) in [5.41, 5.74) is 4.42. The Morgan fingerprint density at radius 3 is 2.79 bits per heavy atom. The molecule has 0 saturated heterocycles. The van der Waals surface area contributed by atoms with Gasteiger partial charge in [-0.25, -0.2) is 9.97 Å². The first-order chi connectivity index (χ1) is 14.1. The maximum absolute atomic E-state index is 10.1. The highest BCUT2D eigenvalue weighted by molar-refractivity contribution is 6.33. The van der Waals surface area contributed by atoms with E-state index in [1.54, 1.807) is 19.6 Å². The van der Waals surface area contributed by atoms with Crippen LogP contribution in [0.2, 0.25) is 5.02 Å². The smallest absolute Gasteiger partial charge is 0.168 e. The van der Waals surface area contributed by atoms with Crippen LogP contribution in [-0.2, 0) is 6.61 Å². The number of methoxy groups -OCH3 is 1. The van der Waals surface area contributed by atoms with Gasteiger partial charge in [0.15, 0.2) is 17.3 Å². The average molecular weight is 413 g/mol. The van der Waals surface area contributed by atoms with Gasteiger partial charge in [0.1, 0.15) is 5.52 Å². The number of hydrogen-bond donors (Lipinski definition) is 2. The molecule has 0 atom stereocenters. The largest absolute Gasteiger partial charge is 0.492 e. The number of halogens is 1. The number of rotatable bonds is 6. The van der Waals surface area contributed by atoms with Gasteiger partial charge in [-0.1, -0.05) is 23.7 Å². The highest BCUT2D eigenvalue weighted by Gasteiger charge is 2.20. The number of benzene rings is 2. The van der Waals surface area contributed by atoms with Crippen molar-refractivity contribution in [3.8, 4) is 11.5 Å². The van der Waals surface area contributed by atoms with Crippen molar-refractivity contribution in [3.05, 3.63) is 52.9 Å². The minimum Gasteiger partial charge on any atom is -0.492 e. The number of aryl methyl sites for hydroxylation is 1. The molecule has 0 aliphatic rings. The molecule has 2 aromatic carbocycles. The molecule has 0 radical (unpaired) electrons. The molecule has 0 aliphatic carbocycles. The van der Waals surface area contributed by atoms with Crippen LogP contribution in [0.3, 0.4) is 0 Å². The van der Waals surface area contributed by atoms with Crippen molar-refractivity contribution in [1.82, 2.24) is 14.4 Å². The van der Waals surface area contributed by atoms with Crippen LogP contribution in [0, 0.1) is 6.92 Å². The van der Waals surface area contributed by atoms with E-state index >= 15 is 0 Å². The van der Waals surface area contributed by atoms with E-state index in [9.17, 15) is 5.11 Å². The van der Waals surface area contributed by atoms with Crippen molar-refractivity contribution in [1.29, 1.82) is 0 Å². The fourth-order valence-electron chi connectivity index (χ4n) is 3.44. The highest BCUT2D eigenvalue weighted by Crippen LogP contribution is 2.39. The van der Waals surface area contributed by atoms with E-state index in [1.807, 2.05) is 42.5 Å². The number of ether oxygens (including phenoxy) is 2. The molecule has 150 valence electrons. The molecule has 7 nitrogen and oxygen atoms in total. The molecule has 0 unspecified atom stereocenters. The summed E-state index contributed by atoms with van der Waals surface area (Å²) in [7, 11) is 1.55. The maximum atomic E-state index is 10.1. The molecule has 4 aromatic rings. The lowest BCUT2D eigenvalue weighted by atomic mass is 10.1. The Labute approximate surface area is 172 Å². The molecular weight excluding hydrogens is 392 g/mol. The number of para-hydroxylation sites is 1. The van der Waals surface area contributed by atoms with Crippen molar-refractivity contribution < 1.29 is 14.6 Å². The second kappa shape index (κ2) is 7.77. The first-order valence-electron chi connectivity index (χ1n) is 9.20. The summed E-state index contributed by atoms with van der Waals surface area (Å²) in [5.74, 6) is 1.59. The molecule has 2 heterocycles. The SMILES string of the molecule is CCOc1cc2c(nc(Nc3c(C)cccc3Cl)c3cncn32)c(CO)c1OC. The second-order valence-corrected chi connectivity index (χ2v) is 6.92. The van der Waals surface area contributed by atoms with Gasteiger partial charge in [0, 0.05) is 6.07 Å². The summed E-state index contributed by atoms with van der Waals surface area (Å²) in [5, 5.41) is 14.0. The summed E-state index contributed by atoms with van der Waals surface area (Å²) >= 11 is 6.40. The Balaban J connectivity index is 2.01. The van der Waals surface area contributed by atoms with Crippen LogP contribution >= 0.6 is 11.6 Å². The van der Waals surface area contributed by atoms with Gasteiger partial charge >= 0.3 is 0 Å². The Morgan fingerprint density at radius 2 is 2.10 bits per heavy atom. The number of hydrogen-bond acceptors (Lipinski definition) is 6. The minimum atomic E-state index is -0.252. The molecule has 0 spiro atoms. The molecule has 0 bridgehead atoms. The summed E-state index contributed by atoms with van der Waals surface area (Å²) < 4.78 is 13.2. The maximum Gasteiger partial charge on any atom is 0.168 e. The number of anilines is 2. The van der Waals surface area contributed by atoms with E-state index in [1.165, 1.54) is 0 Å². The Hall–Kier alpha value is -3.03. The predicted molar refractivity (Wildman–Crippen MR) is 114 cm³/mol. The molecule has 4 rings (SSSR count). The van der Waals surface area contributed by atoms with Gasteiger partial charge < -0.3 is 19.9 Å². The normalized spacial score (nSPS) is 11.2. The van der Waals surface area contributed by atoms with Crippen molar-refractivity contribution in [2.45, 2.75) is 20.5 Å². The summed E-state index contributed by atoms with van der Waals surface area (Å²) in [6.07, 6.45) is 3.43. The van der Waals surface area contributed by atoms with Crippen LogP contribution in [0.4, 0.5) is 11.5 Å². The van der Waals surface area contributed by atoms with Crippen molar-refractivity contribution >= 4 is 39.7 Å². The number of nitrogens with one attached hydrogen (secondary N) is 1. The van der Waals surface area contributed by atoms with Gasteiger partial charge in [-0.2, -0.15) is 0 Å². The summed E-state index contributed by atoms with van der Waals surface area (Å²) in [6, 6.07) is 7.54. The summed E-state index contributed by atoms with van der Waals surface area (Å²) in [6.45, 7) is 4.09. The van der Waals surface area contributed by atoms with E-state index < -0.39 is 0 Å². The zero-order chi connectivity index (χ0) is 20.5. The molecule has 8 heteroatoms. The zero-order valence-electron chi connectivity index (χ0n) is 16.4. The first kappa shape index (κ1) is 19.3. The lowest BCUT2D eigenvalue weighted by molar-refractivity contribution is 0.267. The molecule has 0 saturated carbocycles. The number of aromatic nitrogens is 3. The first-order valence-corrected chi connectivity index (χ1v) is 9.58. The van der Waals surface area contributed by atoms with Crippen molar-refractivity contribution in [3.63, 3.8) is 0 Å². The third kappa shape index (κ3) is 3.22. The predicted octanol–water partition coefficient (Wildman–Crippen LogP) is 4.49. The van der Waals surface area contributed by atoms with Gasteiger partial charge in [-0.15, -0.1) is 0 Å². The molecule has 0 aliphatic heterocycles. The molecule has 0 fully saturated rings. The zero-order valence-corrected chi connectivity index (χ0v) is 17.1. The number of fused-ring (bicyclic) bond motifs is 3. The summed E-state index contributed by atoms with van der Waals surface area (Å²) in [4.78, 5) is 9.10. The highest BCUT2D eigenvalue weighted by atomic mass is 35.5. The van der Waals surface area contributed by atoms with Gasteiger partial charge in [0.25, 0.3) is 0 Å². The average Bonchev–Trinajstić information content (AvgIpc) is 3.20. The molecule has 29 heavy (non-hydrogen) atoms. The van der Waals surface area contributed by atoms with Crippen LogP contribution in [0.5, 0.6) is 11.5 Å². The van der Waals surface area contributed by atoms with Gasteiger partial charge in [0.2, 0.25) is 0 Å². The Bertz CT molecular complexity index is 1190. The third-order valence-corrected chi connectivity index (χ3v) is 5.10. The lowest BCUT2D eigenvalue weighted by Gasteiger charge is -2.18. The fourth-order valence-corrected chi connectivity index (χ4v) is 3.71. The Morgan fingerprint density at radius 1 is 1.28 bits per heavy atom. The van der Waals surface area contributed by atoms with Crippen LogP contribution in [0.15, 0.2) is 36.8 Å². The van der Waals surface area contributed by atoms with Gasteiger partial charge in [-0.05, 0) is 25.5 Å². The monoisotopic (exact) mass is 412 g/mol. The van der Waals surface area contributed by atoms with Crippen molar-refractivity contribution in [2.75, 3.05) is 19.0 Å². The molecular formula is C21H21ClN4O3. The quantitative estimate of drug-likeness (QED) is 0.485. The second-order valence-electron chi connectivity index (χ2n) is 6.51. The molecule has 2 aromatic heterocycles. The van der Waals surface area contributed by atoms with Crippen LogP contribution in [0.25, 0.3) is 16.6 Å². The minimum absolute atomic E-state index is 0.252. The lowest BCUT2D eigenvalue weighted by Crippen LogP contribution is -2.06. The fraction of sp³-hybridized carbons (Fsp3) is 0.238.